The lowest BCUT2D eigenvalue weighted by molar-refractivity contribution is -0.146. The highest BCUT2D eigenvalue weighted by Crippen LogP contribution is 2.33. The van der Waals surface area contributed by atoms with Crippen molar-refractivity contribution in [2.45, 2.75) is 17.9 Å². The van der Waals surface area contributed by atoms with E-state index in [-0.39, 0.29) is 18.1 Å². The van der Waals surface area contributed by atoms with Crippen molar-refractivity contribution in [3.05, 3.63) is 71.7 Å². The smallest absolute Gasteiger partial charge is 0.327 e. The third kappa shape index (κ3) is 4.84. The highest BCUT2D eigenvalue weighted by Gasteiger charge is 2.25. The van der Waals surface area contributed by atoms with Gasteiger partial charge in [0.05, 0.1) is 17.2 Å². The second-order valence-corrected chi connectivity index (χ2v) is 9.06. The minimum Gasteiger partial charge on any atom is -0.462 e. The van der Waals surface area contributed by atoms with E-state index in [0.717, 1.165) is 6.26 Å². The van der Waals surface area contributed by atoms with Crippen LogP contribution in [0.25, 0.3) is 16.9 Å². The predicted octanol–water partition coefficient (Wildman–Crippen LogP) is 2.53. The quantitative estimate of drug-likeness (QED) is 0.540. The van der Waals surface area contributed by atoms with Crippen LogP contribution in [0.4, 0.5) is 4.39 Å². The predicted molar refractivity (Wildman–Crippen MR) is 114 cm³/mol. The number of esters is 1. The molecule has 0 saturated carbocycles. The molecule has 0 aliphatic rings. The number of sulfone groups is 1. The molecule has 1 heterocycles. The van der Waals surface area contributed by atoms with Crippen LogP contribution < -0.4 is 5.73 Å². The summed E-state index contributed by atoms with van der Waals surface area (Å²) in [6.07, 6.45) is 1.13. The average Bonchev–Trinajstić information content (AvgIpc) is 3.08. The van der Waals surface area contributed by atoms with Crippen molar-refractivity contribution in [2.75, 3.05) is 19.5 Å². The van der Waals surface area contributed by atoms with Gasteiger partial charge >= 0.3 is 5.97 Å². The summed E-state index contributed by atoms with van der Waals surface area (Å²) in [7, 11) is -3.36. The zero-order valence-electron chi connectivity index (χ0n) is 17.1. The molecule has 1 atom stereocenters. The molecule has 3 N–H and O–H groups in total. The maximum absolute atomic E-state index is 13.5. The van der Waals surface area contributed by atoms with Crippen LogP contribution in [0.3, 0.4) is 0 Å². The van der Waals surface area contributed by atoms with Gasteiger partial charge in [0, 0.05) is 23.2 Å². The highest BCUT2D eigenvalue weighted by molar-refractivity contribution is 7.90. The number of aromatic nitrogens is 1. The van der Waals surface area contributed by atoms with Crippen molar-refractivity contribution < 1.29 is 27.4 Å². The maximum Gasteiger partial charge on any atom is 0.327 e. The summed E-state index contributed by atoms with van der Waals surface area (Å²) in [5, 5.41) is 8.87. The Labute approximate surface area is 179 Å². The summed E-state index contributed by atoms with van der Waals surface area (Å²) < 4.78 is 43.8. The number of carbonyl (C=O) groups is 1. The number of benzene rings is 2. The largest absolute Gasteiger partial charge is 0.462 e. The van der Waals surface area contributed by atoms with Gasteiger partial charge in [-0.25, -0.2) is 17.6 Å². The summed E-state index contributed by atoms with van der Waals surface area (Å²) in [5.74, 6) is -1.08. The summed E-state index contributed by atoms with van der Waals surface area (Å²) >= 11 is 0. The number of hydrogen-bond acceptors (Lipinski definition) is 6. The Balaban J connectivity index is 2.14. The Morgan fingerprint density at radius 2 is 1.77 bits per heavy atom. The summed E-state index contributed by atoms with van der Waals surface area (Å²) in [6, 6.07) is 12.8. The van der Waals surface area contributed by atoms with Crippen molar-refractivity contribution in [1.82, 2.24) is 4.57 Å². The van der Waals surface area contributed by atoms with Gasteiger partial charge in [-0.2, -0.15) is 0 Å². The molecule has 0 aliphatic heterocycles. The topological polar surface area (TPSA) is 112 Å². The first-order valence-electron chi connectivity index (χ1n) is 9.45. The normalized spacial score (nSPS) is 12.5. The molecule has 164 valence electrons. The minimum atomic E-state index is -3.36. The van der Waals surface area contributed by atoms with Crippen LogP contribution in [0.5, 0.6) is 0 Å². The van der Waals surface area contributed by atoms with Crippen molar-refractivity contribution >= 4 is 15.8 Å². The Morgan fingerprint density at radius 3 is 2.32 bits per heavy atom. The lowest BCUT2D eigenvalue weighted by Gasteiger charge is -2.14. The van der Waals surface area contributed by atoms with Crippen LogP contribution in [-0.4, -0.2) is 43.5 Å². The van der Waals surface area contributed by atoms with Crippen LogP contribution in [-0.2, 0) is 19.4 Å². The fourth-order valence-corrected chi connectivity index (χ4v) is 3.94. The summed E-state index contributed by atoms with van der Waals surface area (Å²) in [5.41, 5.74) is 9.22. The Kier molecular flexibility index (Phi) is 6.59. The monoisotopic (exact) mass is 446 g/mol. The molecular formula is C22H23FN2O5S. The number of halogens is 1. The SMILES string of the molecule is Cc1c(C(N)C(=O)OCCO)cc(-c2ccc(S(C)(=O)=O)cc2)n1-c1ccc(F)cc1. The third-order valence-electron chi connectivity index (χ3n) is 4.87. The van der Waals surface area contributed by atoms with Crippen LogP contribution in [0.1, 0.15) is 17.3 Å². The van der Waals surface area contributed by atoms with Crippen molar-refractivity contribution in [1.29, 1.82) is 0 Å². The van der Waals surface area contributed by atoms with E-state index < -0.39 is 27.7 Å². The molecule has 0 fully saturated rings. The van der Waals surface area contributed by atoms with Gasteiger partial charge < -0.3 is 20.1 Å². The van der Waals surface area contributed by atoms with Gasteiger partial charge in [-0.15, -0.1) is 0 Å². The maximum atomic E-state index is 13.5. The summed E-state index contributed by atoms with van der Waals surface area (Å²) in [6.45, 7) is 1.29. The molecule has 0 bridgehead atoms. The molecule has 7 nitrogen and oxygen atoms in total. The molecule has 2 aromatic carbocycles. The van der Waals surface area contributed by atoms with Gasteiger partial charge in [0.15, 0.2) is 9.84 Å². The van der Waals surface area contributed by atoms with Gasteiger partial charge in [0.1, 0.15) is 18.5 Å². The van der Waals surface area contributed by atoms with E-state index in [1.807, 2.05) is 4.57 Å². The van der Waals surface area contributed by atoms with Crippen molar-refractivity contribution in [3.8, 4) is 16.9 Å². The number of aliphatic hydroxyl groups is 1. The first-order valence-corrected chi connectivity index (χ1v) is 11.3. The fraction of sp³-hybridized carbons (Fsp3) is 0.227. The Hall–Kier alpha value is -3.01. The third-order valence-corrected chi connectivity index (χ3v) is 6.00. The zero-order valence-corrected chi connectivity index (χ0v) is 17.9. The summed E-state index contributed by atoms with van der Waals surface area (Å²) in [4.78, 5) is 12.4. The Morgan fingerprint density at radius 1 is 1.16 bits per heavy atom. The molecule has 0 saturated heterocycles. The number of carbonyl (C=O) groups excluding carboxylic acids is 1. The number of ether oxygens (including phenoxy) is 1. The number of nitrogens with zero attached hydrogens (tertiary/aromatic N) is 1. The minimum absolute atomic E-state index is 0.163. The molecular weight excluding hydrogens is 423 g/mol. The number of rotatable bonds is 7. The van der Waals surface area contributed by atoms with E-state index in [2.05, 4.69) is 0 Å². The van der Waals surface area contributed by atoms with E-state index in [1.54, 1.807) is 37.3 Å². The molecule has 0 spiro atoms. The zero-order chi connectivity index (χ0) is 22.8. The van der Waals surface area contributed by atoms with Crippen molar-refractivity contribution in [3.63, 3.8) is 0 Å². The molecule has 31 heavy (non-hydrogen) atoms. The fourth-order valence-electron chi connectivity index (χ4n) is 3.31. The second kappa shape index (κ2) is 9.01. The van der Waals surface area contributed by atoms with E-state index in [0.29, 0.717) is 28.2 Å². The van der Waals surface area contributed by atoms with Gasteiger partial charge in [0.25, 0.3) is 0 Å². The first kappa shape index (κ1) is 22.7. The highest BCUT2D eigenvalue weighted by atomic mass is 32.2. The van der Waals surface area contributed by atoms with E-state index in [4.69, 9.17) is 15.6 Å². The standard InChI is InChI=1S/C22H23FN2O5S/c1-14-19(21(24)22(27)30-12-11-26)13-20(25(14)17-7-5-16(23)6-8-17)15-3-9-18(10-4-15)31(2,28)29/h3-10,13,21,26H,11-12,24H2,1-2H3. The average molecular weight is 447 g/mol. The van der Waals surface area contributed by atoms with Crippen LogP contribution in [0.2, 0.25) is 0 Å². The van der Waals surface area contributed by atoms with E-state index in [9.17, 15) is 17.6 Å². The molecule has 3 aromatic rings. The van der Waals surface area contributed by atoms with E-state index >= 15 is 0 Å². The van der Waals surface area contributed by atoms with Gasteiger partial charge in [-0.05, 0) is 55.0 Å². The molecule has 1 aromatic heterocycles. The molecule has 0 aliphatic carbocycles. The van der Waals surface area contributed by atoms with Gasteiger partial charge in [-0.1, -0.05) is 12.1 Å². The van der Waals surface area contributed by atoms with Gasteiger partial charge in [-0.3, -0.25) is 0 Å². The number of nitrogens with two attached hydrogens (primary N) is 1. The first-order chi connectivity index (χ1) is 14.6. The van der Waals surface area contributed by atoms with Crippen LogP contribution in [0, 0.1) is 12.7 Å². The molecule has 3 rings (SSSR count). The Bertz CT molecular complexity index is 1190. The lowest BCUT2D eigenvalue weighted by atomic mass is 10.1. The second-order valence-electron chi connectivity index (χ2n) is 7.05. The lowest BCUT2D eigenvalue weighted by Crippen LogP contribution is -2.25. The van der Waals surface area contributed by atoms with Crippen molar-refractivity contribution in [2.24, 2.45) is 5.73 Å². The number of aliphatic hydroxyl groups excluding tert-OH is 1. The van der Waals surface area contributed by atoms with Crippen LogP contribution >= 0.6 is 0 Å². The van der Waals surface area contributed by atoms with E-state index in [1.165, 1.54) is 24.3 Å². The van der Waals surface area contributed by atoms with Gasteiger partial charge in [0.2, 0.25) is 0 Å². The van der Waals surface area contributed by atoms with Crippen LogP contribution in [0.15, 0.2) is 59.5 Å². The molecule has 1 unspecified atom stereocenters. The number of hydrogen-bond donors (Lipinski definition) is 2. The molecule has 0 radical (unpaired) electrons. The molecule has 9 heteroatoms. The molecule has 0 amide bonds.